The summed E-state index contributed by atoms with van der Waals surface area (Å²) in [5.41, 5.74) is 3.95. The highest BCUT2D eigenvalue weighted by Gasteiger charge is 2.14. The average Bonchev–Trinajstić information content (AvgIpc) is 2.45. The van der Waals surface area contributed by atoms with E-state index in [1.807, 2.05) is 63.2 Å². The molecule has 2 rings (SSSR count). The summed E-state index contributed by atoms with van der Waals surface area (Å²) in [5.74, 6) is -0.0460. The molecule has 0 fully saturated rings. The van der Waals surface area contributed by atoms with Crippen molar-refractivity contribution < 1.29 is 4.79 Å². The highest BCUT2D eigenvalue weighted by Crippen LogP contribution is 2.20. The predicted octanol–water partition coefficient (Wildman–Crippen LogP) is 4.51. The number of anilines is 2. The Kier molecular flexibility index (Phi) is 5.02. The van der Waals surface area contributed by atoms with Crippen molar-refractivity contribution in [1.29, 1.82) is 0 Å². The van der Waals surface area contributed by atoms with Crippen LogP contribution < -0.4 is 10.6 Å². The molecule has 0 aromatic heterocycles. The maximum absolute atomic E-state index is 12.3. The first-order valence-electron chi connectivity index (χ1n) is 6.86. The highest BCUT2D eigenvalue weighted by molar-refractivity contribution is 9.10. The van der Waals surface area contributed by atoms with Crippen LogP contribution in [0.4, 0.5) is 11.4 Å². The molecule has 0 spiro atoms. The van der Waals surface area contributed by atoms with E-state index in [0.29, 0.717) is 0 Å². The molecule has 0 aliphatic rings. The molecule has 110 valence electrons. The van der Waals surface area contributed by atoms with Gasteiger partial charge in [0.2, 0.25) is 5.91 Å². The van der Waals surface area contributed by atoms with Crippen molar-refractivity contribution in [3.05, 3.63) is 58.1 Å². The quantitative estimate of drug-likeness (QED) is 0.855. The van der Waals surface area contributed by atoms with Crippen LogP contribution in [0.15, 0.2) is 46.9 Å². The maximum Gasteiger partial charge on any atom is 0.246 e. The Balaban J connectivity index is 2.04. The number of aryl methyl sites for hydroxylation is 2. The molecule has 4 heteroatoms. The van der Waals surface area contributed by atoms with Gasteiger partial charge in [-0.05, 0) is 56.2 Å². The zero-order valence-corrected chi connectivity index (χ0v) is 14.0. The largest absolute Gasteiger partial charge is 0.374 e. The van der Waals surface area contributed by atoms with Gasteiger partial charge in [0.05, 0.1) is 0 Å². The standard InChI is InChI=1S/C17H19BrN2O/c1-11-5-4-6-12(2)16(11)20-17(21)13(3)19-15-9-7-14(18)8-10-15/h4-10,13,19H,1-3H3,(H,20,21)/t13-/m0/s1. The number of amides is 1. The van der Waals surface area contributed by atoms with Gasteiger partial charge in [-0.15, -0.1) is 0 Å². The summed E-state index contributed by atoms with van der Waals surface area (Å²) >= 11 is 3.39. The van der Waals surface area contributed by atoms with Gasteiger partial charge in [-0.3, -0.25) is 4.79 Å². The third-order valence-electron chi connectivity index (χ3n) is 3.35. The molecule has 0 saturated heterocycles. The van der Waals surface area contributed by atoms with E-state index in [1.54, 1.807) is 0 Å². The molecule has 21 heavy (non-hydrogen) atoms. The normalized spacial score (nSPS) is 11.8. The van der Waals surface area contributed by atoms with Gasteiger partial charge in [0.1, 0.15) is 6.04 Å². The molecule has 0 saturated carbocycles. The van der Waals surface area contributed by atoms with E-state index >= 15 is 0 Å². The van der Waals surface area contributed by atoms with Crippen LogP contribution in [0.5, 0.6) is 0 Å². The smallest absolute Gasteiger partial charge is 0.246 e. The Bertz CT molecular complexity index is 617. The van der Waals surface area contributed by atoms with Crippen LogP contribution in [0.3, 0.4) is 0 Å². The second-order valence-electron chi connectivity index (χ2n) is 5.13. The lowest BCUT2D eigenvalue weighted by atomic mass is 10.1. The molecule has 0 aliphatic carbocycles. The number of carbonyl (C=O) groups excluding carboxylic acids is 1. The van der Waals surface area contributed by atoms with Gasteiger partial charge in [-0.25, -0.2) is 0 Å². The summed E-state index contributed by atoms with van der Waals surface area (Å²) in [6.45, 7) is 5.84. The zero-order chi connectivity index (χ0) is 15.4. The summed E-state index contributed by atoms with van der Waals surface area (Å²) in [4.78, 5) is 12.3. The van der Waals surface area contributed by atoms with Crippen LogP contribution in [-0.2, 0) is 4.79 Å². The molecular weight excluding hydrogens is 328 g/mol. The lowest BCUT2D eigenvalue weighted by Gasteiger charge is -2.17. The van der Waals surface area contributed by atoms with Crippen molar-refractivity contribution >= 4 is 33.2 Å². The van der Waals surface area contributed by atoms with Crippen molar-refractivity contribution in [1.82, 2.24) is 0 Å². The molecule has 0 radical (unpaired) electrons. The number of carbonyl (C=O) groups is 1. The molecule has 0 aliphatic heterocycles. The molecule has 2 aromatic carbocycles. The molecule has 3 nitrogen and oxygen atoms in total. The Morgan fingerprint density at radius 1 is 1.05 bits per heavy atom. The minimum atomic E-state index is -0.315. The van der Waals surface area contributed by atoms with E-state index in [-0.39, 0.29) is 11.9 Å². The number of hydrogen-bond donors (Lipinski definition) is 2. The summed E-state index contributed by atoms with van der Waals surface area (Å²) in [7, 11) is 0. The van der Waals surface area contributed by atoms with Crippen molar-refractivity contribution in [2.75, 3.05) is 10.6 Å². The van der Waals surface area contributed by atoms with Crippen molar-refractivity contribution in [2.24, 2.45) is 0 Å². The fourth-order valence-corrected chi connectivity index (χ4v) is 2.37. The fraction of sp³-hybridized carbons (Fsp3) is 0.235. The Morgan fingerprint density at radius 2 is 1.62 bits per heavy atom. The van der Waals surface area contributed by atoms with E-state index in [9.17, 15) is 4.79 Å². The summed E-state index contributed by atoms with van der Waals surface area (Å²) in [6, 6.07) is 13.4. The van der Waals surface area contributed by atoms with E-state index in [4.69, 9.17) is 0 Å². The van der Waals surface area contributed by atoms with Crippen LogP contribution in [0.2, 0.25) is 0 Å². The van der Waals surface area contributed by atoms with E-state index in [2.05, 4.69) is 26.6 Å². The number of rotatable bonds is 4. The van der Waals surface area contributed by atoms with Crippen molar-refractivity contribution in [2.45, 2.75) is 26.8 Å². The van der Waals surface area contributed by atoms with Gasteiger partial charge in [0, 0.05) is 15.8 Å². The molecule has 0 unspecified atom stereocenters. The zero-order valence-electron chi connectivity index (χ0n) is 12.4. The summed E-state index contributed by atoms with van der Waals surface area (Å²) < 4.78 is 1.01. The van der Waals surface area contributed by atoms with Gasteiger partial charge in [-0.2, -0.15) is 0 Å². The van der Waals surface area contributed by atoms with Gasteiger partial charge in [0.15, 0.2) is 0 Å². The van der Waals surface area contributed by atoms with Gasteiger partial charge in [-0.1, -0.05) is 34.1 Å². The first kappa shape index (κ1) is 15.6. The number of nitrogens with one attached hydrogen (secondary N) is 2. The topological polar surface area (TPSA) is 41.1 Å². The van der Waals surface area contributed by atoms with E-state index < -0.39 is 0 Å². The minimum Gasteiger partial charge on any atom is -0.374 e. The molecule has 2 aromatic rings. The molecule has 2 N–H and O–H groups in total. The SMILES string of the molecule is Cc1cccc(C)c1NC(=O)[C@H](C)Nc1ccc(Br)cc1. The number of benzene rings is 2. The van der Waals surface area contributed by atoms with Crippen LogP contribution in [-0.4, -0.2) is 11.9 Å². The molecular formula is C17H19BrN2O. The Labute approximate surface area is 133 Å². The first-order valence-corrected chi connectivity index (χ1v) is 7.66. The summed E-state index contributed by atoms with van der Waals surface area (Å²) in [5, 5.41) is 6.19. The Hall–Kier alpha value is -1.81. The number of para-hydroxylation sites is 1. The third-order valence-corrected chi connectivity index (χ3v) is 3.88. The third kappa shape index (κ3) is 4.08. The Morgan fingerprint density at radius 3 is 2.19 bits per heavy atom. The molecule has 0 bridgehead atoms. The van der Waals surface area contributed by atoms with Crippen LogP contribution in [0.1, 0.15) is 18.1 Å². The number of hydrogen-bond acceptors (Lipinski definition) is 2. The second kappa shape index (κ2) is 6.76. The van der Waals surface area contributed by atoms with Crippen LogP contribution >= 0.6 is 15.9 Å². The van der Waals surface area contributed by atoms with Crippen LogP contribution in [0, 0.1) is 13.8 Å². The average molecular weight is 347 g/mol. The van der Waals surface area contributed by atoms with E-state index in [1.165, 1.54) is 0 Å². The molecule has 0 heterocycles. The monoisotopic (exact) mass is 346 g/mol. The van der Waals surface area contributed by atoms with Crippen molar-refractivity contribution in [3.8, 4) is 0 Å². The molecule has 1 atom stereocenters. The fourth-order valence-electron chi connectivity index (χ4n) is 2.10. The summed E-state index contributed by atoms with van der Waals surface area (Å²) in [6.07, 6.45) is 0. The minimum absolute atomic E-state index is 0.0460. The van der Waals surface area contributed by atoms with Crippen molar-refractivity contribution in [3.63, 3.8) is 0 Å². The lowest BCUT2D eigenvalue weighted by molar-refractivity contribution is -0.116. The van der Waals surface area contributed by atoms with Gasteiger partial charge < -0.3 is 10.6 Å². The van der Waals surface area contributed by atoms with Gasteiger partial charge >= 0.3 is 0 Å². The molecule has 1 amide bonds. The number of halogens is 1. The predicted molar refractivity (Wildman–Crippen MR) is 91.8 cm³/mol. The lowest BCUT2D eigenvalue weighted by Crippen LogP contribution is -2.32. The van der Waals surface area contributed by atoms with Crippen LogP contribution in [0.25, 0.3) is 0 Å². The first-order chi connectivity index (χ1) is 9.97. The second-order valence-corrected chi connectivity index (χ2v) is 6.04. The van der Waals surface area contributed by atoms with Gasteiger partial charge in [0.25, 0.3) is 0 Å². The maximum atomic E-state index is 12.3. The van der Waals surface area contributed by atoms with E-state index in [0.717, 1.165) is 27.0 Å². The highest BCUT2D eigenvalue weighted by atomic mass is 79.9.